The first-order valence-electron chi connectivity index (χ1n) is 7.80. The van der Waals surface area contributed by atoms with E-state index < -0.39 is 5.97 Å². The molecule has 1 amide bonds. The Labute approximate surface area is 136 Å². The largest absolute Gasteiger partial charge is 0.497 e. The van der Waals surface area contributed by atoms with Crippen molar-refractivity contribution in [1.82, 2.24) is 4.90 Å². The van der Waals surface area contributed by atoms with E-state index in [2.05, 4.69) is 0 Å². The molecule has 1 fully saturated rings. The maximum atomic E-state index is 12.5. The number of carboxylic acid groups (broad SMARTS) is 1. The molecule has 0 radical (unpaired) electrons. The third kappa shape index (κ3) is 4.69. The Morgan fingerprint density at radius 3 is 2.65 bits per heavy atom. The highest BCUT2D eigenvalue weighted by molar-refractivity contribution is 5.98. The van der Waals surface area contributed by atoms with Gasteiger partial charge in [0, 0.05) is 25.8 Å². The van der Waals surface area contributed by atoms with Gasteiger partial charge in [0.1, 0.15) is 5.75 Å². The molecule has 1 atom stereocenters. The van der Waals surface area contributed by atoms with Gasteiger partial charge in [-0.2, -0.15) is 0 Å². The smallest absolute Gasteiger partial charge is 0.335 e. The standard InChI is InChI=1S/C17H23NO5/c1-18(7-6-14-5-3-4-8-23-14)16(19)12-9-13(17(20)21)11-15(10-12)22-2/h9-11,14H,3-8H2,1-2H3,(H,20,21). The fourth-order valence-electron chi connectivity index (χ4n) is 2.66. The number of ether oxygens (including phenoxy) is 2. The molecule has 1 saturated heterocycles. The topological polar surface area (TPSA) is 76.1 Å². The van der Waals surface area contributed by atoms with Crippen LogP contribution in [-0.4, -0.2) is 55.3 Å². The zero-order chi connectivity index (χ0) is 16.8. The average molecular weight is 321 g/mol. The number of nitrogens with zero attached hydrogens (tertiary/aromatic N) is 1. The van der Waals surface area contributed by atoms with Crippen molar-refractivity contribution in [3.05, 3.63) is 29.3 Å². The minimum atomic E-state index is -1.09. The van der Waals surface area contributed by atoms with Gasteiger partial charge >= 0.3 is 5.97 Å². The summed E-state index contributed by atoms with van der Waals surface area (Å²) in [5.74, 6) is -0.948. The van der Waals surface area contributed by atoms with E-state index in [4.69, 9.17) is 14.6 Å². The van der Waals surface area contributed by atoms with Crippen LogP contribution in [0.4, 0.5) is 0 Å². The van der Waals surface area contributed by atoms with Crippen molar-refractivity contribution in [3.63, 3.8) is 0 Å². The van der Waals surface area contributed by atoms with Crippen LogP contribution in [0.25, 0.3) is 0 Å². The summed E-state index contributed by atoms with van der Waals surface area (Å²) in [6.45, 7) is 1.36. The summed E-state index contributed by atoms with van der Waals surface area (Å²) in [6, 6.07) is 4.33. The summed E-state index contributed by atoms with van der Waals surface area (Å²) in [7, 11) is 3.16. The van der Waals surface area contributed by atoms with E-state index in [9.17, 15) is 9.59 Å². The number of methoxy groups -OCH3 is 1. The van der Waals surface area contributed by atoms with Crippen LogP contribution in [0.2, 0.25) is 0 Å². The summed E-state index contributed by atoms with van der Waals surface area (Å²) >= 11 is 0. The molecular formula is C17H23NO5. The molecule has 1 aromatic rings. The van der Waals surface area contributed by atoms with Crippen LogP contribution >= 0.6 is 0 Å². The molecule has 0 bridgehead atoms. The van der Waals surface area contributed by atoms with Crippen LogP contribution in [-0.2, 0) is 4.74 Å². The molecule has 1 heterocycles. The lowest BCUT2D eigenvalue weighted by Gasteiger charge is -2.25. The minimum absolute atomic E-state index is 0.0386. The fourth-order valence-corrected chi connectivity index (χ4v) is 2.66. The number of benzene rings is 1. The number of amides is 1. The van der Waals surface area contributed by atoms with E-state index in [0.717, 1.165) is 25.9 Å². The molecule has 1 N–H and O–H groups in total. The molecule has 1 unspecified atom stereocenters. The Morgan fingerprint density at radius 2 is 2.04 bits per heavy atom. The van der Waals surface area contributed by atoms with Gasteiger partial charge in [0.25, 0.3) is 5.91 Å². The molecule has 0 aliphatic carbocycles. The van der Waals surface area contributed by atoms with E-state index in [1.807, 2.05) is 0 Å². The number of hydrogen-bond acceptors (Lipinski definition) is 4. The molecule has 6 heteroatoms. The Kier molecular flexibility index (Phi) is 5.98. The SMILES string of the molecule is COc1cc(C(=O)O)cc(C(=O)N(C)CCC2CCCCO2)c1. The van der Waals surface area contributed by atoms with Crippen LogP contribution in [0.3, 0.4) is 0 Å². The third-order valence-electron chi connectivity index (χ3n) is 4.04. The van der Waals surface area contributed by atoms with Crippen molar-refractivity contribution in [2.45, 2.75) is 31.8 Å². The average Bonchev–Trinajstić information content (AvgIpc) is 2.59. The van der Waals surface area contributed by atoms with E-state index in [1.165, 1.54) is 25.7 Å². The molecule has 1 aliphatic heterocycles. The molecule has 126 valence electrons. The Hall–Kier alpha value is -2.08. The number of hydrogen-bond donors (Lipinski definition) is 1. The van der Waals surface area contributed by atoms with E-state index in [1.54, 1.807) is 18.0 Å². The third-order valence-corrected chi connectivity index (χ3v) is 4.04. The second-order valence-electron chi connectivity index (χ2n) is 5.76. The lowest BCUT2D eigenvalue weighted by Crippen LogP contribution is -2.31. The van der Waals surface area contributed by atoms with Gasteiger partial charge in [-0.25, -0.2) is 4.79 Å². The molecule has 2 rings (SSSR count). The number of carbonyl (C=O) groups excluding carboxylic acids is 1. The van der Waals surface area contributed by atoms with Crippen molar-refractivity contribution < 1.29 is 24.2 Å². The van der Waals surface area contributed by atoms with Crippen LogP contribution in [0, 0.1) is 0 Å². The highest BCUT2D eigenvalue weighted by Crippen LogP contribution is 2.20. The van der Waals surface area contributed by atoms with Crippen LogP contribution in [0.5, 0.6) is 5.75 Å². The summed E-state index contributed by atoms with van der Waals surface area (Å²) in [5.41, 5.74) is 0.352. The first-order valence-corrected chi connectivity index (χ1v) is 7.80. The van der Waals surface area contributed by atoms with Crippen molar-refractivity contribution in [2.24, 2.45) is 0 Å². The number of carboxylic acids is 1. The fraction of sp³-hybridized carbons (Fsp3) is 0.529. The van der Waals surface area contributed by atoms with Crippen molar-refractivity contribution >= 4 is 11.9 Å². The highest BCUT2D eigenvalue weighted by atomic mass is 16.5. The Morgan fingerprint density at radius 1 is 1.30 bits per heavy atom. The molecule has 23 heavy (non-hydrogen) atoms. The number of rotatable bonds is 6. The molecule has 1 aromatic carbocycles. The van der Waals surface area contributed by atoms with Gasteiger partial charge in [0.2, 0.25) is 0 Å². The van der Waals surface area contributed by atoms with Gasteiger partial charge in [-0.3, -0.25) is 4.79 Å². The molecular weight excluding hydrogens is 298 g/mol. The van der Waals surface area contributed by atoms with Crippen LogP contribution in [0.15, 0.2) is 18.2 Å². The molecule has 0 spiro atoms. The zero-order valence-corrected chi connectivity index (χ0v) is 13.6. The minimum Gasteiger partial charge on any atom is -0.497 e. The van der Waals surface area contributed by atoms with Gasteiger partial charge in [0.15, 0.2) is 0 Å². The van der Waals surface area contributed by atoms with E-state index >= 15 is 0 Å². The molecule has 1 aliphatic rings. The molecule has 0 aromatic heterocycles. The van der Waals surface area contributed by atoms with E-state index in [-0.39, 0.29) is 17.6 Å². The van der Waals surface area contributed by atoms with Crippen LogP contribution < -0.4 is 4.74 Å². The second kappa shape index (κ2) is 7.97. The van der Waals surface area contributed by atoms with Gasteiger partial charge in [-0.1, -0.05) is 0 Å². The normalized spacial score (nSPS) is 17.6. The van der Waals surface area contributed by atoms with Gasteiger partial charge in [-0.15, -0.1) is 0 Å². The predicted octanol–water partition coefficient (Wildman–Crippen LogP) is 2.42. The van der Waals surface area contributed by atoms with Crippen molar-refractivity contribution in [3.8, 4) is 5.75 Å². The molecule has 0 saturated carbocycles. The quantitative estimate of drug-likeness (QED) is 0.871. The maximum absolute atomic E-state index is 12.5. The number of aromatic carboxylic acids is 1. The van der Waals surface area contributed by atoms with Crippen LogP contribution in [0.1, 0.15) is 46.4 Å². The van der Waals surface area contributed by atoms with Gasteiger partial charge in [0.05, 0.1) is 18.8 Å². The Bertz CT molecular complexity index is 566. The summed E-state index contributed by atoms with van der Waals surface area (Å²) in [6.07, 6.45) is 4.30. The summed E-state index contributed by atoms with van der Waals surface area (Å²) in [5, 5.41) is 9.13. The summed E-state index contributed by atoms with van der Waals surface area (Å²) < 4.78 is 10.7. The lowest BCUT2D eigenvalue weighted by molar-refractivity contribution is 0.00708. The maximum Gasteiger partial charge on any atom is 0.335 e. The monoisotopic (exact) mass is 321 g/mol. The van der Waals surface area contributed by atoms with Gasteiger partial charge < -0.3 is 19.5 Å². The van der Waals surface area contributed by atoms with E-state index in [0.29, 0.717) is 17.9 Å². The van der Waals surface area contributed by atoms with Crippen molar-refractivity contribution in [1.29, 1.82) is 0 Å². The first-order chi connectivity index (χ1) is 11.0. The van der Waals surface area contributed by atoms with Crippen molar-refractivity contribution in [2.75, 3.05) is 27.3 Å². The Balaban J connectivity index is 2.03. The first kappa shape index (κ1) is 17.3. The highest BCUT2D eigenvalue weighted by Gasteiger charge is 2.19. The predicted molar refractivity (Wildman–Crippen MR) is 85.1 cm³/mol. The molecule has 6 nitrogen and oxygen atoms in total. The van der Waals surface area contributed by atoms with Gasteiger partial charge in [-0.05, 0) is 43.9 Å². The summed E-state index contributed by atoms with van der Waals surface area (Å²) in [4.78, 5) is 25.2. The second-order valence-corrected chi connectivity index (χ2v) is 5.76. The number of carbonyl (C=O) groups is 2. The zero-order valence-electron chi connectivity index (χ0n) is 13.6. The lowest BCUT2D eigenvalue weighted by atomic mass is 10.1.